The number of carbonyl (C=O) groups excluding carboxylic acids is 2. The molecule has 2 amide bonds. The largest absolute Gasteiger partial charge is 0.493 e. The first-order chi connectivity index (χ1) is 18.4. The third-order valence-corrected chi connectivity index (χ3v) is 7.04. The molecule has 7 nitrogen and oxygen atoms in total. The topological polar surface area (TPSA) is 93.1 Å². The lowest BCUT2D eigenvalue weighted by molar-refractivity contribution is -0.123. The molecule has 1 aliphatic heterocycles. The second-order valence-electron chi connectivity index (χ2n) is 8.61. The summed E-state index contributed by atoms with van der Waals surface area (Å²) in [5, 5.41) is 10.9. The molecule has 1 heterocycles. The molecule has 4 aromatic carbocycles. The van der Waals surface area contributed by atoms with Crippen molar-refractivity contribution in [3.05, 3.63) is 112 Å². The average molecular weight is 526 g/mol. The Bertz CT molecular complexity index is 1590. The van der Waals surface area contributed by atoms with Gasteiger partial charge in [0.25, 0.3) is 11.1 Å². The summed E-state index contributed by atoms with van der Waals surface area (Å²) in [5.41, 5.74) is 2.47. The number of imide groups is 1. The van der Waals surface area contributed by atoms with Crippen molar-refractivity contribution < 1.29 is 29.0 Å². The number of aromatic carboxylic acids is 1. The van der Waals surface area contributed by atoms with Gasteiger partial charge in [-0.3, -0.25) is 14.5 Å². The first-order valence-electron chi connectivity index (χ1n) is 11.8. The zero-order valence-electron chi connectivity index (χ0n) is 20.4. The van der Waals surface area contributed by atoms with E-state index in [4.69, 9.17) is 9.47 Å². The van der Waals surface area contributed by atoms with E-state index >= 15 is 0 Å². The van der Waals surface area contributed by atoms with Crippen LogP contribution < -0.4 is 9.47 Å². The molecule has 0 saturated carbocycles. The Kier molecular flexibility index (Phi) is 7.15. The lowest BCUT2D eigenvalue weighted by Crippen LogP contribution is -2.27. The van der Waals surface area contributed by atoms with Gasteiger partial charge < -0.3 is 14.6 Å². The van der Waals surface area contributed by atoms with Crippen LogP contribution in [0, 0.1) is 0 Å². The lowest BCUT2D eigenvalue weighted by Gasteiger charge is -2.14. The summed E-state index contributed by atoms with van der Waals surface area (Å²) in [5.74, 6) is -0.432. The van der Waals surface area contributed by atoms with Gasteiger partial charge in [0.05, 0.1) is 24.1 Å². The van der Waals surface area contributed by atoms with Gasteiger partial charge in [-0.1, -0.05) is 60.7 Å². The van der Waals surface area contributed by atoms with Crippen molar-refractivity contribution in [2.75, 3.05) is 7.11 Å². The number of ether oxygens (including phenoxy) is 2. The molecular weight excluding hydrogens is 502 g/mol. The fourth-order valence-electron chi connectivity index (χ4n) is 4.24. The van der Waals surface area contributed by atoms with E-state index in [1.807, 2.05) is 42.5 Å². The maximum atomic E-state index is 13.1. The highest BCUT2D eigenvalue weighted by molar-refractivity contribution is 8.18. The van der Waals surface area contributed by atoms with Gasteiger partial charge in [0.1, 0.15) is 6.61 Å². The number of fused-ring (bicyclic) bond motifs is 1. The Hall–Kier alpha value is -4.56. The van der Waals surface area contributed by atoms with Gasteiger partial charge in [-0.05, 0) is 69.6 Å². The minimum absolute atomic E-state index is 0.157. The minimum atomic E-state index is -1.00. The predicted octanol–water partition coefficient (Wildman–Crippen LogP) is 6.36. The molecule has 0 unspecified atom stereocenters. The highest BCUT2D eigenvalue weighted by Gasteiger charge is 2.35. The number of carboxylic acids is 1. The normalized spacial score (nSPS) is 14.3. The average Bonchev–Trinajstić information content (AvgIpc) is 3.19. The second-order valence-corrected chi connectivity index (χ2v) is 9.60. The van der Waals surface area contributed by atoms with Gasteiger partial charge in [0.15, 0.2) is 11.5 Å². The van der Waals surface area contributed by atoms with E-state index < -0.39 is 5.97 Å². The van der Waals surface area contributed by atoms with Crippen LogP contribution in [-0.2, 0) is 17.9 Å². The Morgan fingerprint density at radius 2 is 1.74 bits per heavy atom. The van der Waals surface area contributed by atoms with Crippen LogP contribution in [0.15, 0.2) is 89.8 Å². The van der Waals surface area contributed by atoms with Crippen molar-refractivity contribution in [2.24, 2.45) is 0 Å². The summed E-state index contributed by atoms with van der Waals surface area (Å²) >= 11 is 0.909. The number of carboxylic acid groups (broad SMARTS) is 1. The Labute approximate surface area is 223 Å². The lowest BCUT2D eigenvalue weighted by atomic mass is 10.0. The van der Waals surface area contributed by atoms with Crippen molar-refractivity contribution in [1.82, 2.24) is 4.90 Å². The van der Waals surface area contributed by atoms with E-state index in [-0.39, 0.29) is 29.9 Å². The summed E-state index contributed by atoms with van der Waals surface area (Å²) in [7, 11) is 1.51. The Morgan fingerprint density at radius 3 is 2.55 bits per heavy atom. The summed E-state index contributed by atoms with van der Waals surface area (Å²) in [6.45, 7) is 0.354. The number of hydrogen-bond donors (Lipinski definition) is 1. The SMILES string of the molecule is COc1cc(/C=C2/SC(=O)N(Cc3cccc4ccccc34)C2=O)ccc1OCc1cccc(C(=O)O)c1. The van der Waals surface area contributed by atoms with Crippen molar-refractivity contribution in [3.63, 3.8) is 0 Å². The highest BCUT2D eigenvalue weighted by Crippen LogP contribution is 2.36. The summed E-state index contributed by atoms with van der Waals surface area (Å²) in [4.78, 5) is 38.7. The number of amides is 2. The fraction of sp³-hybridized carbons (Fsp3) is 0.100. The van der Waals surface area contributed by atoms with Crippen LogP contribution in [0.2, 0.25) is 0 Å². The van der Waals surface area contributed by atoms with Crippen molar-refractivity contribution in [3.8, 4) is 11.5 Å². The van der Waals surface area contributed by atoms with Crippen LogP contribution in [0.25, 0.3) is 16.8 Å². The van der Waals surface area contributed by atoms with E-state index in [1.54, 1.807) is 42.5 Å². The predicted molar refractivity (Wildman–Crippen MR) is 146 cm³/mol. The van der Waals surface area contributed by atoms with Gasteiger partial charge in [0, 0.05) is 0 Å². The van der Waals surface area contributed by atoms with Crippen molar-refractivity contribution in [2.45, 2.75) is 13.2 Å². The quantitative estimate of drug-likeness (QED) is 0.268. The number of thioether (sulfide) groups is 1. The van der Waals surface area contributed by atoms with E-state index in [0.717, 1.165) is 28.1 Å². The molecule has 5 rings (SSSR count). The molecule has 38 heavy (non-hydrogen) atoms. The van der Waals surface area contributed by atoms with Gasteiger partial charge >= 0.3 is 5.97 Å². The van der Waals surface area contributed by atoms with E-state index in [1.165, 1.54) is 18.1 Å². The number of methoxy groups -OCH3 is 1. The Balaban J connectivity index is 1.32. The maximum Gasteiger partial charge on any atom is 0.335 e. The van der Waals surface area contributed by atoms with Crippen LogP contribution in [0.3, 0.4) is 0 Å². The standard InChI is InChI=1S/C30H23NO6S/c1-36-26-15-19(12-13-25(26)37-18-20-6-4-9-22(14-20)29(33)34)16-27-28(32)31(30(35)38-27)17-23-10-5-8-21-7-2-3-11-24(21)23/h2-16H,17-18H2,1H3,(H,33,34)/b27-16+. The van der Waals surface area contributed by atoms with E-state index in [2.05, 4.69) is 0 Å². The molecule has 0 atom stereocenters. The zero-order chi connectivity index (χ0) is 26.6. The molecule has 0 aliphatic carbocycles. The number of carbonyl (C=O) groups is 3. The van der Waals surface area contributed by atoms with Gasteiger partial charge in [0.2, 0.25) is 0 Å². The number of hydrogen-bond acceptors (Lipinski definition) is 6. The summed E-state index contributed by atoms with van der Waals surface area (Å²) in [6, 6.07) is 25.4. The van der Waals surface area contributed by atoms with Gasteiger partial charge in [-0.25, -0.2) is 4.79 Å². The molecule has 0 spiro atoms. The van der Waals surface area contributed by atoms with Crippen molar-refractivity contribution in [1.29, 1.82) is 0 Å². The van der Waals surface area contributed by atoms with Crippen LogP contribution >= 0.6 is 11.8 Å². The fourth-order valence-corrected chi connectivity index (χ4v) is 5.08. The Morgan fingerprint density at radius 1 is 0.947 bits per heavy atom. The molecule has 0 radical (unpaired) electrons. The molecule has 0 bridgehead atoms. The highest BCUT2D eigenvalue weighted by atomic mass is 32.2. The van der Waals surface area contributed by atoms with Crippen LogP contribution in [0.4, 0.5) is 4.79 Å². The van der Waals surface area contributed by atoms with Crippen molar-refractivity contribution >= 4 is 45.7 Å². The molecule has 0 aromatic heterocycles. The monoisotopic (exact) mass is 525 g/mol. The minimum Gasteiger partial charge on any atom is -0.493 e. The van der Waals surface area contributed by atoms with Crippen LogP contribution in [-0.4, -0.2) is 34.2 Å². The first kappa shape index (κ1) is 25.1. The molecule has 4 aromatic rings. The number of benzene rings is 4. The summed E-state index contributed by atoms with van der Waals surface area (Å²) < 4.78 is 11.3. The maximum absolute atomic E-state index is 13.1. The first-order valence-corrected chi connectivity index (χ1v) is 12.6. The van der Waals surface area contributed by atoms with Crippen LogP contribution in [0.5, 0.6) is 11.5 Å². The molecule has 1 aliphatic rings. The molecular formula is C30H23NO6S. The molecule has 1 N–H and O–H groups in total. The van der Waals surface area contributed by atoms with E-state index in [0.29, 0.717) is 27.5 Å². The van der Waals surface area contributed by atoms with Crippen LogP contribution in [0.1, 0.15) is 27.0 Å². The third-order valence-electron chi connectivity index (χ3n) is 6.14. The molecule has 1 fully saturated rings. The summed E-state index contributed by atoms with van der Waals surface area (Å²) in [6.07, 6.45) is 1.66. The number of rotatable bonds is 8. The smallest absolute Gasteiger partial charge is 0.335 e. The molecule has 1 saturated heterocycles. The second kappa shape index (κ2) is 10.8. The zero-order valence-corrected chi connectivity index (χ0v) is 21.2. The van der Waals surface area contributed by atoms with Gasteiger partial charge in [-0.15, -0.1) is 0 Å². The molecule has 190 valence electrons. The third kappa shape index (κ3) is 5.26. The van der Waals surface area contributed by atoms with Gasteiger partial charge in [-0.2, -0.15) is 0 Å². The van der Waals surface area contributed by atoms with E-state index in [9.17, 15) is 19.5 Å². The number of nitrogens with zero attached hydrogens (tertiary/aromatic N) is 1. The molecule has 8 heteroatoms.